The first-order valence-corrected chi connectivity index (χ1v) is 6.69. The van der Waals surface area contributed by atoms with Gasteiger partial charge in [-0.15, -0.1) is 0 Å². The zero-order valence-corrected chi connectivity index (χ0v) is 12.7. The Morgan fingerprint density at radius 1 is 1.00 bits per heavy atom. The fraction of sp³-hybridized carbons (Fsp3) is 0.333. The average molecular weight is 293 g/mol. The number of hydrogen-bond acceptors (Lipinski definition) is 4. The Hall–Kier alpha value is -1.81. The molecule has 0 amide bonds. The van der Waals surface area contributed by atoms with Crippen LogP contribution < -0.4 is 9.47 Å². The molecule has 0 saturated carbocycles. The summed E-state index contributed by atoms with van der Waals surface area (Å²) in [6, 6.07) is 7.34. The number of aromatic nitrogens is 2. The lowest BCUT2D eigenvalue weighted by molar-refractivity contribution is 0.355. The molecule has 2 rings (SSSR count). The van der Waals surface area contributed by atoms with E-state index in [0.717, 1.165) is 11.3 Å². The Labute approximate surface area is 123 Å². The molecule has 0 atom stereocenters. The van der Waals surface area contributed by atoms with Crippen molar-refractivity contribution in [3.8, 4) is 22.9 Å². The van der Waals surface area contributed by atoms with Gasteiger partial charge >= 0.3 is 0 Å². The molecule has 0 aliphatic rings. The molecule has 0 aliphatic carbocycles. The second-order valence-electron chi connectivity index (χ2n) is 4.66. The molecule has 0 spiro atoms. The monoisotopic (exact) mass is 292 g/mol. The molecule has 1 heterocycles. The Balaban J connectivity index is 2.51. The van der Waals surface area contributed by atoms with E-state index in [1.54, 1.807) is 20.3 Å². The fourth-order valence-electron chi connectivity index (χ4n) is 1.84. The number of ether oxygens (including phenoxy) is 2. The third-order valence-corrected chi connectivity index (χ3v) is 3.14. The first-order chi connectivity index (χ1) is 9.55. The summed E-state index contributed by atoms with van der Waals surface area (Å²) in [5.41, 5.74) is 1.75. The van der Waals surface area contributed by atoms with E-state index in [1.165, 1.54) is 0 Å². The Kier molecular flexibility index (Phi) is 4.45. The van der Waals surface area contributed by atoms with E-state index < -0.39 is 0 Å². The van der Waals surface area contributed by atoms with E-state index in [0.29, 0.717) is 22.5 Å². The standard InChI is InChI=1S/C15H17ClN2O2/c1-9(2)11-8-14(16)18-15(17-11)10-5-6-12(19-3)13(7-10)20-4/h5-9H,1-4H3. The molecular weight excluding hydrogens is 276 g/mol. The molecule has 0 unspecified atom stereocenters. The predicted octanol–water partition coefficient (Wildman–Crippen LogP) is 3.94. The van der Waals surface area contributed by atoms with Crippen LogP contribution in [0.15, 0.2) is 24.3 Å². The predicted molar refractivity (Wildman–Crippen MR) is 79.7 cm³/mol. The topological polar surface area (TPSA) is 44.2 Å². The second-order valence-corrected chi connectivity index (χ2v) is 5.05. The lowest BCUT2D eigenvalue weighted by Crippen LogP contribution is -1.98. The number of halogens is 1. The smallest absolute Gasteiger partial charge is 0.161 e. The van der Waals surface area contributed by atoms with Crippen molar-refractivity contribution in [3.05, 3.63) is 35.1 Å². The van der Waals surface area contributed by atoms with E-state index in [2.05, 4.69) is 23.8 Å². The van der Waals surface area contributed by atoms with Gasteiger partial charge in [-0.25, -0.2) is 9.97 Å². The average Bonchev–Trinajstić information content (AvgIpc) is 2.45. The molecule has 0 N–H and O–H groups in total. The fourth-order valence-corrected chi connectivity index (χ4v) is 2.03. The Bertz CT molecular complexity index is 615. The highest BCUT2D eigenvalue weighted by molar-refractivity contribution is 6.29. The summed E-state index contributed by atoms with van der Waals surface area (Å²) in [6.07, 6.45) is 0. The van der Waals surface area contributed by atoms with Gasteiger partial charge in [0.05, 0.1) is 14.2 Å². The highest BCUT2D eigenvalue weighted by Crippen LogP contribution is 2.31. The summed E-state index contributed by atoms with van der Waals surface area (Å²) in [6.45, 7) is 4.13. The maximum absolute atomic E-state index is 6.07. The second kappa shape index (κ2) is 6.09. The van der Waals surface area contributed by atoms with Crippen molar-refractivity contribution in [1.82, 2.24) is 9.97 Å². The van der Waals surface area contributed by atoms with Gasteiger partial charge in [0.15, 0.2) is 17.3 Å². The molecule has 0 fully saturated rings. The van der Waals surface area contributed by atoms with E-state index in [1.807, 2.05) is 18.2 Å². The van der Waals surface area contributed by atoms with Crippen molar-refractivity contribution < 1.29 is 9.47 Å². The van der Waals surface area contributed by atoms with Gasteiger partial charge in [-0.05, 0) is 30.2 Å². The van der Waals surface area contributed by atoms with Gasteiger partial charge in [0.1, 0.15) is 5.15 Å². The molecule has 0 aliphatic heterocycles. The van der Waals surface area contributed by atoms with Crippen molar-refractivity contribution in [3.63, 3.8) is 0 Å². The maximum Gasteiger partial charge on any atom is 0.161 e. The van der Waals surface area contributed by atoms with Crippen molar-refractivity contribution in [2.75, 3.05) is 14.2 Å². The van der Waals surface area contributed by atoms with Crippen molar-refractivity contribution in [2.24, 2.45) is 0 Å². The largest absolute Gasteiger partial charge is 0.493 e. The summed E-state index contributed by atoms with van der Waals surface area (Å²) in [4.78, 5) is 8.82. The number of benzene rings is 1. The third kappa shape index (κ3) is 3.02. The van der Waals surface area contributed by atoms with E-state index >= 15 is 0 Å². The molecule has 0 radical (unpaired) electrons. The quantitative estimate of drug-likeness (QED) is 0.801. The minimum Gasteiger partial charge on any atom is -0.493 e. The van der Waals surface area contributed by atoms with Gasteiger partial charge < -0.3 is 9.47 Å². The van der Waals surface area contributed by atoms with Crippen LogP contribution in [0.3, 0.4) is 0 Å². The maximum atomic E-state index is 6.07. The van der Waals surface area contributed by atoms with Crippen LogP contribution in [0.2, 0.25) is 5.15 Å². The molecular formula is C15H17ClN2O2. The summed E-state index contributed by atoms with van der Waals surface area (Å²) >= 11 is 6.07. The summed E-state index contributed by atoms with van der Waals surface area (Å²) in [7, 11) is 3.20. The van der Waals surface area contributed by atoms with Crippen LogP contribution in [-0.4, -0.2) is 24.2 Å². The number of nitrogens with zero attached hydrogens (tertiary/aromatic N) is 2. The normalized spacial score (nSPS) is 10.7. The van der Waals surface area contributed by atoms with Gasteiger partial charge in [0.2, 0.25) is 0 Å². The summed E-state index contributed by atoms with van der Waals surface area (Å²) < 4.78 is 10.5. The Morgan fingerprint density at radius 3 is 2.30 bits per heavy atom. The minimum atomic E-state index is 0.286. The number of rotatable bonds is 4. The molecule has 1 aromatic carbocycles. The third-order valence-electron chi connectivity index (χ3n) is 2.95. The SMILES string of the molecule is COc1ccc(-c2nc(Cl)cc(C(C)C)n2)cc1OC. The van der Waals surface area contributed by atoms with E-state index in [-0.39, 0.29) is 5.92 Å². The molecule has 0 saturated heterocycles. The van der Waals surface area contributed by atoms with Gasteiger partial charge in [-0.2, -0.15) is 0 Å². The lowest BCUT2D eigenvalue weighted by Gasteiger charge is -2.11. The van der Waals surface area contributed by atoms with Crippen LogP contribution in [0, 0.1) is 0 Å². The van der Waals surface area contributed by atoms with Crippen LogP contribution >= 0.6 is 11.6 Å². The van der Waals surface area contributed by atoms with E-state index in [9.17, 15) is 0 Å². The molecule has 106 valence electrons. The lowest BCUT2D eigenvalue weighted by atomic mass is 10.1. The van der Waals surface area contributed by atoms with Gasteiger partial charge in [0.25, 0.3) is 0 Å². The van der Waals surface area contributed by atoms with Crippen molar-refractivity contribution >= 4 is 11.6 Å². The summed E-state index contributed by atoms with van der Waals surface area (Å²) in [5, 5.41) is 0.438. The van der Waals surface area contributed by atoms with E-state index in [4.69, 9.17) is 21.1 Å². The van der Waals surface area contributed by atoms with Gasteiger partial charge in [-0.3, -0.25) is 0 Å². The zero-order chi connectivity index (χ0) is 14.7. The highest BCUT2D eigenvalue weighted by Gasteiger charge is 2.11. The Morgan fingerprint density at radius 2 is 1.70 bits per heavy atom. The highest BCUT2D eigenvalue weighted by atomic mass is 35.5. The van der Waals surface area contributed by atoms with Gasteiger partial charge in [-0.1, -0.05) is 25.4 Å². The summed E-state index contributed by atoms with van der Waals surface area (Å²) in [5.74, 6) is 2.18. The first-order valence-electron chi connectivity index (χ1n) is 6.32. The van der Waals surface area contributed by atoms with Crippen LogP contribution in [0.4, 0.5) is 0 Å². The van der Waals surface area contributed by atoms with Crippen molar-refractivity contribution in [2.45, 2.75) is 19.8 Å². The first kappa shape index (κ1) is 14.6. The molecule has 2 aromatic rings. The minimum absolute atomic E-state index is 0.286. The molecule has 20 heavy (non-hydrogen) atoms. The van der Waals surface area contributed by atoms with Crippen LogP contribution in [-0.2, 0) is 0 Å². The molecule has 1 aromatic heterocycles. The van der Waals surface area contributed by atoms with Crippen LogP contribution in [0.1, 0.15) is 25.5 Å². The van der Waals surface area contributed by atoms with Crippen LogP contribution in [0.5, 0.6) is 11.5 Å². The van der Waals surface area contributed by atoms with Gasteiger partial charge in [0, 0.05) is 11.3 Å². The number of methoxy groups -OCH3 is 2. The molecule has 4 nitrogen and oxygen atoms in total. The van der Waals surface area contributed by atoms with Crippen LogP contribution in [0.25, 0.3) is 11.4 Å². The molecule has 5 heteroatoms. The zero-order valence-electron chi connectivity index (χ0n) is 12.0. The number of hydrogen-bond donors (Lipinski definition) is 0. The molecule has 0 bridgehead atoms. The van der Waals surface area contributed by atoms with Crippen molar-refractivity contribution in [1.29, 1.82) is 0 Å².